The van der Waals surface area contributed by atoms with Crippen molar-refractivity contribution in [3.05, 3.63) is 24.3 Å². The van der Waals surface area contributed by atoms with Crippen LogP contribution in [-0.4, -0.2) is 87.5 Å². The second-order valence-electron chi connectivity index (χ2n) is 18.3. The monoisotopic (exact) mass is 866 g/mol. The van der Waals surface area contributed by atoms with Gasteiger partial charge in [0.25, 0.3) is 0 Å². The Labute approximate surface area is 375 Å². The van der Waals surface area contributed by atoms with Gasteiger partial charge < -0.3 is 40.3 Å². The van der Waals surface area contributed by atoms with Crippen LogP contribution in [0.5, 0.6) is 0 Å². The Morgan fingerprint density at radius 2 is 0.951 bits per heavy atom. The summed E-state index contributed by atoms with van der Waals surface area (Å²) in [5.74, 6) is -0.187. The van der Waals surface area contributed by atoms with Crippen molar-refractivity contribution in [3.63, 3.8) is 0 Å². The second kappa shape index (κ2) is 42.6. The van der Waals surface area contributed by atoms with Gasteiger partial charge in [-0.3, -0.25) is 4.79 Å². The molecule has 1 aliphatic heterocycles. The molecule has 360 valence electrons. The van der Waals surface area contributed by atoms with Crippen LogP contribution in [0.3, 0.4) is 0 Å². The minimum Gasteiger partial charge on any atom is -0.394 e. The number of ether oxygens (including phenoxy) is 2. The fourth-order valence-electron chi connectivity index (χ4n) is 8.34. The smallest absolute Gasteiger partial charge is 0.220 e. The Bertz CT molecular complexity index is 1010. The van der Waals surface area contributed by atoms with Gasteiger partial charge in [-0.1, -0.05) is 224 Å². The maximum atomic E-state index is 12.9. The Hall–Kier alpha value is -1.33. The molecule has 9 nitrogen and oxygen atoms in total. The van der Waals surface area contributed by atoms with Gasteiger partial charge in [-0.25, -0.2) is 0 Å². The first-order chi connectivity index (χ1) is 29.8. The van der Waals surface area contributed by atoms with Gasteiger partial charge in [0, 0.05) is 6.42 Å². The summed E-state index contributed by atoms with van der Waals surface area (Å²) in [5.41, 5.74) is 0. The standard InChI is InChI=1S/C52H99NO8/c1-3-5-7-9-11-13-15-16-17-18-19-20-21-22-23-24-25-26-27-28-29-30-31-32-33-35-37-39-41-46(55)45(44-60-52-51(59)50(58)49(57)47(43-54)61-52)53-48(56)42-40-38-36-34-14-12-10-8-6-4-2/h8,10,39,41,45-47,49-52,54-55,57-59H,3-7,9,11-38,40,42-44H2,1-2H3,(H,53,56)/b10-8-,41-39+. The third kappa shape index (κ3) is 32.9. The molecule has 0 aromatic carbocycles. The lowest BCUT2D eigenvalue weighted by atomic mass is 9.99. The predicted octanol–water partition coefficient (Wildman–Crippen LogP) is 11.8. The van der Waals surface area contributed by atoms with Crippen LogP contribution < -0.4 is 5.32 Å². The first-order valence-corrected chi connectivity index (χ1v) is 26.1. The van der Waals surface area contributed by atoms with E-state index in [1.54, 1.807) is 6.08 Å². The molecule has 7 unspecified atom stereocenters. The second-order valence-corrected chi connectivity index (χ2v) is 18.3. The Kier molecular flexibility index (Phi) is 40.3. The lowest BCUT2D eigenvalue weighted by molar-refractivity contribution is -0.302. The zero-order valence-corrected chi connectivity index (χ0v) is 39.7. The Balaban J connectivity index is 2.17. The van der Waals surface area contributed by atoms with Crippen LogP contribution in [-0.2, 0) is 14.3 Å². The SMILES string of the molecule is CCC/C=C\CCCCCCCC(=O)NC(COC1OC(CO)C(O)C(O)C1O)C(O)/C=C/CCCCCCCCCCCCCCCCCCCCCCCCCCCC. The molecule has 1 aliphatic rings. The largest absolute Gasteiger partial charge is 0.394 e. The van der Waals surface area contributed by atoms with Gasteiger partial charge >= 0.3 is 0 Å². The highest BCUT2D eigenvalue weighted by atomic mass is 16.7. The number of unbranched alkanes of at least 4 members (excludes halogenated alkanes) is 32. The Morgan fingerprint density at radius 1 is 0.541 bits per heavy atom. The number of nitrogens with one attached hydrogen (secondary N) is 1. The molecule has 7 atom stereocenters. The number of carbonyl (C=O) groups is 1. The summed E-state index contributed by atoms with van der Waals surface area (Å²) >= 11 is 0. The lowest BCUT2D eigenvalue weighted by Gasteiger charge is -2.40. The molecule has 61 heavy (non-hydrogen) atoms. The van der Waals surface area contributed by atoms with Gasteiger partial charge in [0.15, 0.2) is 6.29 Å². The van der Waals surface area contributed by atoms with E-state index in [4.69, 9.17) is 9.47 Å². The molecular weight excluding hydrogens is 767 g/mol. The molecule has 1 amide bonds. The molecule has 0 aromatic rings. The first kappa shape index (κ1) is 57.7. The van der Waals surface area contributed by atoms with Crippen molar-refractivity contribution >= 4 is 5.91 Å². The number of carbonyl (C=O) groups excluding carboxylic acids is 1. The van der Waals surface area contributed by atoms with Crippen LogP contribution in [0.2, 0.25) is 0 Å². The van der Waals surface area contributed by atoms with Crippen molar-refractivity contribution in [3.8, 4) is 0 Å². The van der Waals surface area contributed by atoms with Crippen LogP contribution >= 0.6 is 0 Å². The van der Waals surface area contributed by atoms with Gasteiger partial charge in [0.1, 0.15) is 24.4 Å². The average Bonchev–Trinajstić information content (AvgIpc) is 3.26. The maximum Gasteiger partial charge on any atom is 0.220 e. The van der Waals surface area contributed by atoms with Crippen molar-refractivity contribution in [2.45, 2.75) is 288 Å². The van der Waals surface area contributed by atoms with Crippen molar-refractivity contribution in [2.24, 2.45) is 0 Å². The number of rotatable bonds is 44. The molecule has 0 spiro atoms. The van der Waals surface area contributed by atoms with Gasteiger partial charge in [0.2, 0.25) is 5.91 Å². The van der Waals surface area contributed by atoms with Crippen molar-refractivity contribution in [1.82, 2.24) is 5.32 Å². The molecule has 1 heterocycles. The topological polar surface area (TPSA) is 149 Å². The summed E-state index contributed by atoms with van der Waals surface area (Å²) < 4.78 is 11.2. The highest BCUT2D eigenvalue weighted by Gasteiger charge is 2.44. The highest BCUT2D eigenvalue weighted by Crippen LogP contribution is 2.23. The maximum absolute atomic E-state index is 12.9. The minimum absolute atomic E-state index is 0.187. The fourth-order valence-corrected chi connectivity index (χ4v) is 8.34. The summed E-state index contributed by atoms with van der Waals surface area (Å²) in [4.78, 5) is 12.9. The molecule has 0 aromatic heterocycles. The van der Waals surface area contributed by atoms with Crippen LogP contribution in [0.1, 0.15) is 245 Å². The zero-order chi connectivity index (χ0) is 44.4. The number of hydrogen-bond acceptors (Lipinski definition) is 8. The lowest BCUT2D eigenvalue weighted by Crippen LogP contribution is -2.60. The normalized spacial score (nSPS) is 20.5. The highest BCUT2D eigenvalue weighted by molar-refractivity contribution is 5.76. The van der Waals surface area contributed by atoms with Crippen LogP contribution in [0.25, 0.3) is 0 Å². The summed E-state index contributed by atoms with van der Waals surface area (Å²) in [5, 5.41) is 54.2. The van der Waals surface area contributed by atoms with Gasteiger partial charge in [0.05, 0.1) is 25.4 Å². The third-order valence-electron chi connectivity index (χ3n) is 12.5. The fraction of sp³-hybridized carbons (Fsp3) is 0.904. The molecular formula is C52H99NO8. The van der Waals surface area contributed by atoms with Crippen molar-refractivity contribution < 1.29 is 39.8 Å². The van der Waals surface area contributed by atoms with E-state index in [-0.39, 0.29) is 12.5 Å². The van der Waals surface area contributed by atoms with E-state index in [9.17, 15) is 30.3 Å². The zero-order valence-electron chi connectivity index (χ0n) is 39.7. The minimum atomic E-state index is -1.57. The quantitative estimate of drug-likeness (QED) is 0.0262. The molecule has 1 saturated heterocycles. The first-order valence-electron chi connectivity index (χ1n) is 26.1. The Morgan fingerprint density at radius 3 is 1.39 bits per heavy atom. The molecule has 0 saturated carbocycles. The number of aliphatic hydroxyl groups excluding tert-OH is 5. The molecule has 0 bridgehead atoms. The summed E-state index contributed by atoms with van der Waals surface area (Å²) in [6.45, 7) is 3.72. The molecule has 1 rings (SSSR count). The van der Waals surface area contributed by atoms with Crippen LogP contribution in [0.15, 0.2) is 24.3 Å². The number of hydrogen-bond donors (Lipinski definition) is 6. The summed E-state index contributed by atoms with van der Waals surface area (Å²) in [6.07, 6.45) is 45.5. The number of amides is 1. The van der Waals surface area contributed by atoms with Crippen molar-refractivity contribution in [2.75, 3.05) is 13.2 Å². The average molecular weight is 866 g/mol. The van der Waals surface area contributed by atoms with E-state index >= 15 is 0 Å². The van der Waals surface area contributed by atoms with E-state index in [1.165, 1.54) is 161 Å². The van der Waals surface area contributed by atoms with Gasteiger partial charge in [-0.05, 0) is 38.5 Å². The van der Waals surface area contributed by atoms with E-state index in [2.05, 4.69) is 31.3 Å². The summed E-state index contributed by atoms with van der Waals surface area (Å²) in [6, 6.07) is -0.806. The molecule has 6 N–H and O–H groups in total. The summed E-state index contributed by atoms with van der Waals surface area (Å²) in [7, 11) is 0. The van der Waals surface area contributed by atoms with Gasteiger partial charge in [-0.15, -0.1) is 0 Å². The van der Waals surface area contributed by atoms with E-state index in [0.29, 0.717) is 6.42 Å². The van der Waals surface area contributed by atoms with E-state index in [1.807, 2.05) is 6.08 Å². The predicted molar refractivity (Wildman–Crippen MR) is 253 cm³/mol. The van der Waals surface area contributed by atoms with Crippen LogP contribution in [0, 0.1) is 0 Å². The third-order valence-corrected chi connectivity index (χ3v) is 12.5. The van der Waals surface area contributed by atoms with Crippen molar-refractivity contribution in [1.29, 1.82) is 0 Å². The molecule has 0 radical (unpaired) electrons. The number of allylic oxidation sites excluding steroid dienone is 3. The van der Waals surface area contributed by atoms with E-state index in [0.717, 1.165) is 64.2 Å². The molecule has 0 aliphatic carbocycles. The van der Waals surface area contributed by atoms with E-state index < -0.39 is 49.5 Å². The molecule has 1 fully saturated rings. The van der Waals surface area contributed by atoms with Crippen LogP contribution in [0.4, 0.5) is 0 Å². The molecule has 9 heteroatoms. The van der Waals surface area contributed by atoms with Gasteiger partial charge in [-0.2, -0.15) is 0 Å². The number of aliphatic hydroxyl groups is 5.